The lowest BCUT2D eigenvalue weighted by molar-refractivity contribution is -0.128. The molecule has 0 saturated carbocycles. The molecule has 0 heterocycles. The minimum Gasteiger partial charge on any atom is -0.381 e. The molecule has 0 radical (unpaired) electrons. The maximum Gasteiger partial charge on any atom is 0.158 e. The lowest BCUT2D eigenvalue weighted by atomic mass is 9.87. The van der Waals surface area contributed by atoms with Gasteiger partial charge in [-0.1, -0.05) is 26.8 Å². The molecule has 0 aromatic rings. The number of carbonyl (C=O) groups excluding carboxylic acids is 2. The van der Waals surface area contributed by atoms with Gasteiger partial charge >= 0.3 is 0 Å². The Morgan fingerprint density at radius 2 is 1.75 bits per heavy atom. The lowest BCUT2D eigenvalue weighted by Gasteiger charge is -2.15. The summed E-state index contributed by atoms with van der Waals surface area (Å²) in [6.07, 6.45) is 2.35. The van der Waals surface area contributed by atoms with E-state index in [2.05, 4.69) is 0 Å². The van der Waals surface area contributed by atoms with Gasteiger partial charge in [-0.05, 0) is 12.5 Å². The Bertz CT molecular complexity index is 282. The number of carbonyl (C=O) groups is 2. The molecule has 3 heteroatoms. The molecule has 0 rings (SSSR count). The summed E-state index contributed by atoms with van der Waals surface area (Å²) in [5.74, 6) is 0.148. The van der Waals surface area contributed by atoms with E-state index < -0.39 is 0 Å². The van der Waals surface area contributed by atoms with Crippen molar-refractivity contribution in [2.24, 2.45) is 5.41 Å². The number of hydrogen-bond acceptors (Lipinski definition) is 3. The van der Waals surface area contributed by atoms with E-state index in [9.17, 15) is 9.59 Å². The third-order valence-electron chi connectivity index (χ3n) is 2.41. The zero-order valence-corrected chi connectivity index (χ0v) is 10.9. The van der Waals surface area contributed by atoms with Gasteiger partial charge in [-0.2, -0.15) is 0 Å². The Kier molecular flexibility index (Phi) is 6.19. The molecule has 92 valence electrons. The third-order valence-corrected chi connectivity index (χ3v) is 2.41. The number of Topliss-reactive ketones (excluding diaryl/α,β-unsaturated/α-hetero) is 2. The Hall–Kier alpha value is -0.960. The van der Waals surface area contributed by atoms with Gasteiger partial charge in [0.1, 0.15) is 5.78 Å². The topological polar surface area (TPSA) is 43.4 Å². The highest BCUT2D eigenvalue weighted by Gasteiger charge is 2.21. The van der Waals surface area contributed by atoms with Gasteiger partial charge in [-0.3, -0.25) is 9.59 Å². The standard InChI is InChI=1S/C13H22O3/c1-10(8-9-16-5)11(14)6-7-12(15)13(2,3)4/h8H,6-7,9H2,1-5H3/b10-8+. The van der Waals surface area contributed by atoms with Crippen molar-refractivity contribution in [1.29, 1.82) is 0 Å². The molecule has 0 unspecified atom stereocenters. The second-order valence-corrected chi connectivity index (χ2v) is 4.94. The van der Waals surface area contributed by atoms with Crippen LogP contribution in [0.5, 0.6) is 0 Å². The first-order valence-corrected chi connectivity index (χ1v) is 5.51. The maximum absolute atomic E-state index is 11.6. The van der Waals surface area contributed by atoms with Crippen molar-refractivity contribution in [3.05, 3.63) is 11.6 Å². The maximum atomic E-state index is 11.6. The minimum atomic E-state index is -0.357. The van der Waals surface area contributed by atoms with Crippen molar-refractivity contribution in [1.82, 2.24) is 0 Å². The number of hydrogen-bond donors (Lipinski definition) is 0. The Morgan fingerprint density at radius 3 is 2.19 bits per heavy atom. The number of ketones is 2. The van der Waals surface area contributed by atoms with Crippen LogP contribution in [0.25, 0.3) is 0 Å². The fourth-order valence-corrected chi connectivity index (χ4v) is 1.12. The van der Waals surface area contributed by atoms with E-state index >= 15 is 0 Å². The molecule has 0 atom stereocenters. The quantitative estimate of drug-likeness (QED) is 0.654. The van der Waals surface area contributed by atoms with Crippen LogP contribution in [0, 0.1) is 5.41 Å². The lowest BCUT2D eigenvalue weighted by Crippen LogP contribution is -2.20. The molecular formula is C13H22O3. The third kappa shape index (κ3) is 5.81. The largest absolute Gasteiger partial charge is 0.381 e. The summed E-state index contributed by atoms with van der Waals surface area (Å²) in [4.78, 5) is 23.2. The molecule has 0 aromatic carbocycles. The van der Waals surface area contributed by atoms with Crippen LogP contribution in [-0.2, 0) is 14.3 Å². The monoisotopic (exact) mass is 226 g/mol. The molecule has 0 aromatic heterocycles. The smallest absolute Gasteiger partial charge is 0.158 e. The highest BCUT2D eigenvalue weighted by molar-refractivity contribution is 5.97. The highest BCUT2D eigenvalue weighted by atomic mass is 16.5. The molecule has 0 fully saturated rings. The summed E-state index contributed by atoms with van der Waals surface area (Å²) >= 11 is 0. The summed E-state index contributed by atoms with van der Waals surface area (Å²) in [5, 5.41) is 0. The molecule has 0 aliphatic heterocycles. The van der Waals surface area contributed by atoms with E-state index in [1.807, 2.05) is 20.8 Å². The average molecular weight is 226 g/mol. The second-order valence-electron chi connectivity index (χ2n) is 4.94. The molecule has 0 aliphatic rings. The first-order valence-electron chi connectivity index (χ1n) is 5.51. The van der Waals surface area contributed by atoms with Crippen molar-refractivity contribution in [2.45, 2.75) is 40.5 Å². The SMILES string of the molecule is COC/C=C(\C)C(=O)CCC(=O)C(C)(C)C. The fraction of sp³-hybridized carbons (Fsp3) is 0.692. The Labute approximate surface area is 97.9 Å². The van der Waals surface area contributed by atoms with Gasteiger partial charge in [0.2, 0.25) is 0 Å². The van der Waals surface area contributed by atoms with Crippen LogP contribution in [0.4, 0.5) is 0 Å². The minimum absolute atomic E-state index is 0.0228. The van der Waals surface area contributed by atoms with Crippen LogP contribution in [0.3, 0.4) is 0 Å². The van der Waals surface area contributed by atoms with Gasteiger partial charge in [0.25, 0.3) is 0 Å². The van der Waals surface area contributed by atoms with Crippen LogP contribution < -0.4 is 0 Å². The summed E-state index contributed by atoms with van der Waals surface area (Å²) in [6.45, 7) is 7.79. The number of rotatable bonds is 6. The molecular weight excluding hydrogens is 204 g/mol. The summed E-state index contributed by atoms with van der Waals surface area (Å²) in [6, 6.07) is 0. The molecule has 0 N–H and O–H groups in total. The van der Waals surface area contributed by atoms with Crippen LogP contribution in [0.1, 0.15) is 40.5 Å². The zero-order valence-electron chi connectivity index (χ0n) is 10.9. The first-order chi connectivity index (χ1) is 7.29. The van der Waals surface area contributed by atoms with Crippen LogP contribution in [-0.4, -0.2) is 25.3 Å². The van der Waals surface area contributed by atoms with E-state index in [1.165, 1.54) is 0 Å². The molecule has 16 heavy (non-hydrogen) atoms. The molecule has 3 nitrogen and oxygen atoms in total. The highest BCUT2D eigenvalue weighted by Crippen LogP contribution is 2.18. The molecule has 0 spiro atoms. The molecule has 0 saturated heterocycles. The molecule has 0 aliphatic carbocycles. The Morgan fingerprint density at radius 1 is 1.19 bits per heavy atom. The zero-order chi connectivity index (χ0) is 12.8. The fourth-order valence-electron chi connectivity index (χ4n) is 1.12. The van der Waals surface area contributed by atoms with Gasteiger partial charge in [0.15, 0.2) is 5.78 Å². The summed E-state index contributed by atoms with van der Waals surface area (Å²) in [5.41, 5.74) is 0.313. The second kappa shape index (κ2) is 6.59. The molecule has 0 bridgehead atoms. The van der Waals surface area contributed by atoms with E-state index in [0.29, 0.717) is 25.0 Å². The van der Waals surface area contributed by atoms with Gasteiger partial charge < -0.3 is 4.74 Å². The first kappa shape index (κ1) is 15.0. The van der Waals surface area contributed by atoms with Crippen molar-refractivity contribution < 1.29 is 14.3 Å². The van der Waals surface area contributed by atoms with Gasteiger partial charge in [-0.25, -0.2) is 0 Å². The predicted molar refractivity (Wildman–Crippen MR) is 64.3 cm³/mol. The summed E-state index contributed by atoms with van der Waals surface area (Å²) < 4.78 is 4.85. The van der Waals surface area contributed by atoms with Crippen molar-refractivity contribution in [3.63, 3.8) is 0 Å². The van der Waals surface area contributed by atoms with Crippen LogP contribution in [0.15, 0.2) is 11.6 Å². The van der Waals surface area contributed by atoms with E-state index in [4.69, 9.17) is 4.74 Å². The Balaban J connectivity index is 4.13. The van der Waals surface area contributed by atoms with Crippen LogP contribution >= 0.6 is 0 Å². The van der Waals surface area contributed by atoms with Gasteiger partial charge in [0, 0.05) is 25.4 Å². The van der Waals surface area contributed by atoms with Crippen molar-refractivity contribution in [2.75, 3.05) is 13.7 Å². The van der Waals surface area contributed by atoms with Gasteiger partial charge in [-0.15, -0.1) is 0 Å². The van der Waals surface area contributed by atoms with Gasteiger partial charge in [0.05, 0.1) is 6.61 Å². The number of allylic oxidation sites excluding steroid dienone is 1. The predicted octanol–water partition coefficient (Wildman–Crippen LogP) is 2.54. The average Bonchev–Trinajstić information content (AvgIpc) is 2.20. The van der Waals surface area contributed by atoms with E-state index in [1.54, 1.807) is 20.1 Å². The number of ether oxygens (including phenoxy) is 1. The number of methoxy groups -OCH3 is 1. The van der Waals surface area contributed by atoms with Crippen molar-refractivity contribution >= 4 is 11.6 Å². The molecule has 0 amide bonds. The normalized spacial score (nSPS) is 12.7. The van der Waals surface area contributed by atoms with E-state index in [-0.39, 0.29) is 17.0 Å². The van der Waals surface area contributed by atoms with Crippen LogP contribution in [0.2, 0.25) is 0 Å². The summed E-state index contributed by atoms with van der Waals surface area (Å²) in [7, 11) is 1.58. The van der Waals surface area contributed by atoms with Crippen molar-refractivity contribution in [3.8, 4) is 0 Å². The van der Waals surface area contributed by atoms with E-state index in [0.717, 1.165) is 0 Å².